The van der Waals surface area contributed by atoms with Gasteiger partial charge in [0.1, 0.15) is 0 Å². The van der Waals surface area contributed by atoms with E-state index in [9.17, 15) is 4.79 Å². The maximum atomic E-state index is 12.1. The second-order valence-corrected chi connectivity index (χ2v) is 4.63. The molecule has 15 heavy (non-hydrogen) atoms. The SMILES string of the molecule is C[C@H]1CN(C(=O)N2CCCCC2)CCN1. The van der Waals surface area contributed by atoms with Crippen molar-refractivity contribution in [2.75, 3.05) is 32.7 Å². The molecule has 2 saturated heterocycles. The molecular weight excluding hydrogens is 190 g/mol. The molecule has 2 aliphatic rings. The Morgan fingerprint density at radius 1 is 1.13 bits per heavy atom. The van der Waals surface area contributed by atoms with Crippen molar-refractivity contribution < 1.29 is 4.79 Å². The lowest BCUT2D eigenvalue weighted by Gasteiger charge is -2.37. The molecule has 0 aliphatic carbocycles. The number of piperidine rings is 1. The van der Waals surface area contributed by atoms with Gasteiger partial charge in [0.2, 0.25) is 0 Å². The molecule has 4 heteroatoms. The molecule has 2 amide bonds. The third-order valence-corrected chi connectivity index (χ3v) is 3.27. The summed E-state index contributed by atoms with van der Waals surface area (Å²) in [6.07, 6.45) is 3.63. The van der Waals surface area contributed by atoms with E-state index in [1.54, 1.807) is 0 Å². The summed E-state index contributed by atoms with van der Waals surface area (Å²) in [5, 5.41) is 3.36. The van der Waals surface area contributed by atoms with Crippen LogP contribution in [0, 0.1) is 0 Å². The molecule has 2 fully saturated rings. The van der Waals surface area contributed by atoms with Gasteiger partial charge < -0.3 is 15.1 Å². The van der Waals surface area contributed by atoms with Crippen molar-refractivity contribution in [3.63, 3.8) is 0 Å². The van der Waals surface area contributed by atoms with Crippen LogP contribution in [-0.2, 0) is 0 Å². The zero-order chi connectivity index (χ0) is 10.7. The number of amides is 2. The number of nitrogens with one attached hydrogen (secondary N) is 1. The van der Waals surface area contributed by atoms with E-state index >= 15 is 0 Å². The summed E-state index contributed by atoms with van der Waals surface area (Å²) >= 11 is 0. The molecule has 4 nitrogen and oxygen atoms in total. The summed E-state index contributed by atoms with van der Waals surface area (Å²) in [6.45, 7) is 6.69. The molecule has 0 unspecified atom stereocenters. The van der Waals surface area contributed by atoms with Crippen LogP contribution in [0.25, 0.3) is 0 Å². The molecule has 1 atom stereocenters. The Morgan fingerprint density at radius 2 is 1.87 bits per heavy atom. The first-order valence-corrected chi connectivity index (χ1v) is 6.04. The number of rotatable bonds is 0. The highest BCUT2D eigenvalue weighted by Crippen LogP contribution is 2.12. The van der Waals surface area contributed by atoms with E-state index in [-0.39, 0.29) is 6.03 Å². The van der Waals surface area contributed by atoms with Gasteiger partial charge in [-0.25, -0.2) is 4.79 Å². The van der Waals surface area contributed by atoms with Crippen molar-refractivity contribution in [2.45, 2.75) is 32.2 Å². The van der Waals surface area contributed by atoms with Gasteiger partial charge in [0, 0.05) is 38.8 Å². The summed E-state index contributed by atoms with van der Waals surface area (Å²) in [5.41, 5.74) is 0. The summed E-state index contributed by atoms with van der Waals surface area (Å²) in [6, 6.07) is 0.690. The predicted octanol–water partition coefficient (Wildman–Crippen LogP) is 0.886. The third kappa shape index (κ3) is 2.62. The average Bonchev–Trinajstić information content (AvgIpc) is 2.29. The average molecular weight is 211 g/mol. The number of urea groups is 1. The zero-order valence-electron chi connectivity index (χ0n) is 9.54. The Labute approximate surface area is 91.6 Å². The number of piperazine rings is 1. The highest BCUT2D eigenvalue weighted by atomic mass is 16.2. The highest BCUT2D eigenvalue weighted by molar-refractivity contribution is 5.74. The Kier molecular flexibility index (Phi) is 3.46. The minimum Gasteiger partial charge on any atom is -0.325 e. The van der Waals surface area contributed by atoms with E-state index in [0.717, 1.165) is 32.7 Å². The fourth-order valence-corrected chi connectivity index (χ4v) is 2.39. The number of carbonyl (C=O) groups excluding carboxylic acids is 1. The first-order chi connectivity index (χ1) is 7.27. The lowest BCUT2D eigenvalue weighted by atomic mass is 10.1. The Balaban J connectivity index is 1.88. The number of nitrogens with zero attached hydrogens (tertiary/aromatic N) is 2. The second kappa shape index (κ2) is 4.84. The molecule has 0 aromatic heterocycles. The monoisotopic (exact) mass is 211 g/mol. The van der Waals surface area contributed by atoms with Gasteiger partial charge in [-0.2, -0.15) is 0 Å². The van der Waals surface area contributed by atoms with Crippen LogP contribution in [0.4, 0.5) is 4.79 Å². The maximum absolute atomic E-state index is 12.1. The standard InChI is InChI=1S/C11H21N3O/c1-10-9-14(8-5-12-10)11(15)13-6-3-2-4-7-13/h10,12H,2-9H2,1H3/t10-/m0/s1. The van der Waals surface area contributed by atoms with E-state index in [0.29, 0.717) is 6.04 Å². The molecule has 86 valence electrons. The molecule has 0 bridgehead atoms. The molecule has 2 rings (SSSR count). The summed E-state index contributed by atoms with van der Waals surface area (Å²) in [5.74, 6) is 0. The quantitative estimate of drug-likeness (QED) is 0.646. The van der Waals surface area contributed by atoms with Crippen LogP contribution in [0.3, 0.4) is 0 Å². The fraction of sp³-hybridized carbons (Fsp3) is 0.909. The van der Waals surface area contributed by atoms with E-state index in [2.05, 4.69) is 12.2 Å². The van der Waals surface area contributed by atoms with Crippen molar-refractivity contribution >= 4 is 6.03 Å². The molecule has 0 aromatic rings. The molecule has 0 spiro atoms. The van der Waals surface area contributed by atoms with Gasteiger partial charge in [-0.15, -0.1) is 0 Å². The largest absolute Gasteiger partial charge is 0.325 e. The summed E-state index contributed by atoms with van der Waals surface area (Å²) in [7, 11) is 0. The van der Waals surface area contributed by atoms with Crippen molar-refractivity contribution in [2.24, 2.45) is 0 Å². The van der Waals surface area contributed by atoms with E-state index in [1.165, 1.54) is 19.3 Å². The van der Waals surface area contributed by atoms with Gasteiger partial charge >= 0.3 is 6.03 Å². The van der Waals surface area contributed by atoms with Gasteiger partial charge in [0.25, 0.3) is 0 Å². The number of likely N-dealkylation sites (tertiary alicyclic amines) is 1. The molecule has 2 aliphatic heterocycles. The van der Waals surface area contributed by atoms with Crippen molar-refractivity contribution in [1.29, 1.82) is 0 Å². The van der Waals surface area contributed by atoms with Crippen molar-refractivity contribution in [3.05, 3.63) is 0 Å². The molecular formula is C11H21N3O. The van der Waals surface area contributed by atoms with Crippen LogP contribution in [0.1, 0.15) is 26.2 Å². The van der Waals surface area contributed by atoms with Crippen molar-refractivity contribution in [3.8, 4) is 0 Å². The van der Waals surface area contributed by atoms with Gasteiger partial charge in [0.15, 0.2) is 0 Å². The topological polar surface area (TPSA) is 35.6 Å². The van der Waals surface area contributed by atoms with Crippen LogP contribution >= 0.6 is 0 Å². The molecule has 0 saturated carbocycles. The number of hydrogen-bond donors (Lipinski definition) is 1. The van der Waals surface area contributed by atoms with Crippen LogP contribution in [0.5, 0.6) is 0 Å². The Bertz CT molecular complexity index is 226. The van der Waals surface area contributed by atoms with E-state index in [1.807, 2.05) is 9.80 Å². The van der Waals surface area contributed by atoms with E-state index in [4.69, 9.17) is 0 Å². The van der Waals surface area contributed by atoms with Crippen LogP contribution in [0.2, 0.25) is 0 Å². The maximum Gasteiger partial charge on any atom is 0.320 e. The summed E-state index contributed by atoms with van der Waals surface area (Å²) < 4.78 is 0. The normalized spacial score (nSPS) is 27.9. The smallest absolute Gasteiger partial charge is 0.320 e. The second-order valence-electron chi connectivity index (χ2n) is 4.63. The van der Waals surface area contributed by atoms with Crippen LogP contribution in [-0.4, -0.2) is 54.6 Å². The molecule has 1 N–H and O–H groups in total. The predicted molar refractivity (Wildman–Crippen MR) is 59.9 cm³/mol. The van der Waals surface area contributed by atoms with Crippen LogP contribution in [0.15, 0.2) is 0 Å². The fourth-order valence-electron chi connectivity index (χ4n) is 2.39. The van der Waals surface area contributed by atoms with Gasteiger partial charge in [0.05, 0.1) is 0 Å². The number of hydrogen-bond acceptors (Lipinski definition) is 2. The van der Waals surface area contributed by atoms with Crippen LogP contribution < -0.4 is 5.32 Å². The third-order valence-electron chi connectivity index (χ3n) is 3.27. The Hall–Kier alpha value is -0.770. The first kappa shape index (κ1) is 10.7. The highest BCUT2D eigenvalue weighted by Gasteiger charge is 2.25. The summed E-state index contributed by atoms with van der Waals surface area (Å²) in [4.78, 5) is 16.1. The van der Waals surface area contributed by atoms with Gasteiger partial charge in [-0.1, -0.05) is 0 Å². The Morgan fingerprint density at radius 3 is 2.53 bits per heavy atom. The minimum absolute atomic E-state index is 0.253. The van der Waals surface area contributed by atoms with Gasteiger partial charge in [-0.3, -0.25) is 0 Å². The number of carbonyl (C=O) groups is 1. The molecule has 0 aromatic carbocycles. The lowest BCUT2D eigenvalue weighted by Crippen LogP contribution is -2.55. The van der Waals surface area contributed by atoms with E-state index < -0.39 is 0 Å². The zero-order valence-corrected chi connectivity index (χ0v) is 9.54. The van der Waals surface area contributed by atoms with Crippen molar-refractivity contribution in [1.82, 2.24) is 15.1 Å². The lowest BCUT2D eigenvalue weighted by molar-refractivity contribution is 0.130. The first-order valence-electron chi connectivity index (χ1n) is 6.04. The molecule has 0 radical (unpaired) electrons. The molecule has 2 heterocycles. The van der Waals surface area contributed by atoms with Gasteiger partial charge in [-0.05, 0) is 26.2 Å². The minimum atomic E-state index is 0.253.